The van der Waals surface area contributed by atoms with Crippen molar-refractivity contribution in [1.82, 2.24) is 13.8 Å². The lowest BCUT2D eigenvalue weighted by Crippen LogP contribution is -2.42. The van der Waals surface area contributed by atoms with Crippen molar-refractivity contribution >= 4 is 21.9 Å². The number of carboxylic acids is 1. The van der Waals surface area contributed by atoms with Gasteiger partial charge in [-0.15, -0.1) is 0 Å². The number of aryl methyl sites for hydroxylation is 1. The zero-order valence-corrected chi connectivity index (χ0v) is 15.7. The number of hydrogen-bond donors (Lipinski definition) is 1. The first-order valence-electron chi connectivity index (χ1n) is 8.99. The third kappa shape index (κ3) is 3.64. The standard InChI is InChI=1S/C17H25N3O5S/c1-18-12-14(26(24,25)20-8-3-2-4-9-20)10-15(18)16(21)19-7-5-6-13(11-19)17(22)23/h10,12-13H,2-9,11H2,1H3,(H,22,23)/t13-/m0/s1. The van der Waals surface area contributed by atoms with Gasteiger partial charge in [0.15, 0.2) is 0 Å². The molecule has 3 rings (SSSR count). The summed E-state index contributed by atoms with van der Waals surface area (Å²) in [4.78, 5) is 25.6. The molecule has 0 spiro atoms. The summed E-state index contributed by atoms with van der Waals surface area (Å²) in [6, 6.07) is 1.41. The number of aromatic nitrogens is 1. The second kappa shape index (κ2) is 7.40. The first-order chi connectivity index (χ1) is 12.3. The molecule has 1 atom stereocenters. The van der Waals surface area contributed by atoms with E-state index in [4.69, 9.17) is 0 Å². The molecule has 9 heteroatoms. The number of piperidine rings is 2. The van der Waals surface area contributed by atoms with E-state index < -0.39 is 21.9 Å². The van der Waals surface area contributed by atoms with E-state index in [9.17, 15) is 23.1 Å². The third-order valence-electron chi connectivity index (χ3n) is 5.21. The number of carbonyl (C=O) groups excluding carboxylic acids is 1. The normalized spacial score (nSPS) is 22.3. The molecule has 1 amide bonds. The average Bonchev–Trinajstić information content (AvgIpc) is 3.04. The summed E-state index contributed by atoms with van der Waals surface area (Å²) in [7, 11) is -1.96. The van der Waals surface area contributed by atoms with Crippen LogP contribution in [0.4, 0.5) is 0 Å². The van der Waals surface area contributed by atoms with Crippen LogP contribution in [0.1, 0.15) is 42.6 Å². The Balaban J connectivity index is 1.81. The van der Waals surface area contributed by atoms with E-state index in [1.54, 1.807) is 7.05 Å². The molecule has 1 aromatic heterocycles. The van der Waals surface area contributed by atoms with Crippen LogP contribution in [0.5, 0.6) is 0 Å². The zero-order chi connectivity index (χ0) is 18.9. The predicted molar refractivity (Wildman–Crippen MR) is 94.3 cm³/mol. The number of carbonyl (C=O) groups is 2. The molecule has 0 bridgehead atoms. The Labute approximate surface area is 153 Å². The summed E-state index contributed by atoms with van der Waals surface area (Å²) in [6.45, 7) is 1.66. The molecule has 0 aliphatic carbocycles. The van der Waals surface area contributed by atoms with Gasteiger partial charge in [0.1, 0.15) is 10.6 Å². The molecule has 0 unspecified atom stereocenters. The summed E-state index contributed by atoms with van der Waals surface area (Å²) < 4.78 is 28.6. The van der Waals surface area contributed by atoms with E-state index in [-0.39, 0.29) is 23.0 Å². The molecule has 144 valence electrons. The van der Waals surface area contributed by atoms with Gasteiger partial charge in [-0.05, 0) is 31.7 Å². The highest BCUT2D eigenvalue weighted by Crippen LogP contribution is 2.24. The Hall–Kier alpha value is -1.87. The monoisotopic (exact) mass is 383 g/mol. The molecular formula is C17H25N3O5S. The molecule has 26 heavy (non-hydrogen) atoms. The van der Waals surface area contributed by atoms with E-state index in [2.05, 4.69) is 0 Å². The van der Waals surface area contributed by atoms with Crippen molar-refractivity contribution in [3.8, 4) is 0 Å². The van der Waals surface area contributed by atoms with Crippen molar-refractivity contribution in [2.24, 2.45) is 13.0 Å². The second-order valence-electron chi connectivity index (χ2n) is 7.07. The summed E-state index contributed by atoms with van der Waals surface area (Å²) >= 11 is 0. The maximum atomic E-state index is 12.8. The molecule has 8 nitrogen and oxygen atoms in total. The van der Waals surface area contributed by atoms with Gasteiger partial charge >= 0.3 is 5.97 Å². The SMILES string of the molecule is Cn1cc(S(=O)(=O)N2CCCCC2)cc1C(=O)N1CCC[C@H](C(=O)O)C1. The van der Waals surface area contributed by atoms with Gasteiger partial charge in [-0.25, -0.2) is 8.42 Å². The number of amides is 1. The molecule has 1 aromatic rings. The Morgan fingerprint density at radius 1 is 1.12 bits per heavy atom. The number of likely N-dealkylation sites (tertiary alicyclic amines) is 1. The molecule has 0 aromatic carbocycles. The first-order valence-corrected chi connectivity index (χ1v) is 10.4. The van der Waals surface area contributed by atoms with Crippen molar-refractivity contribution in [2.75, 3.05) is 26.2 Å². The number of rotatable bonds is 4. The Morgan fingerprint density at radius 3 is 2.46 bits per heavy atom. The van der Waals surface area contributed by atoms with Crippen molar-refractivity contribution < 1.29 is 23.1 Å². The van der Waals surface area contributed by atoms with Crippen LogP contribution < -0.4 is 0 Å². The lowest BCUT2D eigenvalue weighted by atomic mass is 9.98. The van der Waals surface area contributed by atoms with Gasteiger partial charge in [0, 0.05) is 39.4 Å². The molecule has 3 heterocycles. The molecule has 0 saturated carbocycles. The Bertz CT molecular complexity index is 795. The van der Waals surface area contributed by atoms with Crippen molar-refractivity contribution in [2.45, 2.75) is 37.0 Å². The molecule has 2 aliphatic heterocycles. The smallest absolute Gasteiger partial charge is 0.308 e. The predicted octanol–water partition coefficient (Wildman–Crippen LogP) is 1.14. The van der Waals surface area contributed by atoms with Crippen LogP contribution in [0.3, 0.4) is 0 Å². The van der Waals surface area contributed by atoms with Gasteiger partial charge in [-0.1, -0.05) is 6.42 Å². The summed E-state index contributed by atoms with van der Waals surface area (Å²) in [5, 5.41) is 9.19. The minimum Gasteiger partial charge on any atom is -0.481 e. The van der Waals surface area contributed by atoms with Crippen LogP contribution in [0.2, 0.25) is 0 Å². The summed E-state index contributed by atoms with van der Waals surface area (Å²) in [5.74, 6) is -1.79. The van der Waals surface area contributed by atoms with Gasteiger partial charge in [-0.3, -0.25) is 9.59 Å². The van der Waals surface area contributed by atoms with Crippen LogP contribution in [0, 0.1) is 5.92 Å². The molecule has 2 fully saturated rings. The van der Waals surface area contributed by atoms with Gasteiger partial charge < -0.3 is 14.6 Å². The van der Waals surface area contributed by atoms with E-state index in [0.29, 0.717) is 32.5 Å². The third-order valence-corrected chi connectivity index (χ3v) is 7.07. The van der Waals surface area contributed by atoms with Gasteiger partial charge in [0.05, 0.1) is 5.92 Å². The minimum atomic E-state index is -3.60. The molecule has 1 N–H and O–H groups in total. The lowest BCUT2D eigenvalue weighted by molar-refractivity contribution is -0.143. The van der Waals surface area contributed by atoms with Crippen LogP contribution in [-0.4, -0.2) is 65.4 Å². The number of carboxylic acid groups (broad SMARTS) is 1. The van der Waals surface area contributed by atoms with Gasteiger partial charge in [-0.2, -0.15) is 4.31 Å². The summed E-state index contributed by atoms with van der Waals surface area (Å²) in [5.41, 5.74) is 0.270. The number of hydrogen-bond acceptors (Lipinski definition) is 4. The van der Waals surface area contributed by atoms with E-state index in [0.717, 1.165) is 19.3 Å². The van der Waals surface area contributed by atoms with Gasteiger partial charge in [0.2, 0.25) is 10.0 Å². The van der Waals surface area contributed by atoms with Crippen LogP contribution in [-0.2, 0) is 21.9 Å². The largest absolute Gasteiger partial charge is 0.481 e. The Kier molecular flexibility index (Phi) is 5.38. The summed E-state index contributed by atoms with van der Waals surface area (Å²) in [6.07, 6.45) is 5.39. The zero-order valence-electron chi connectivity index (χ0n) is 14.9. The van der Waals surface area contributed by atoms with E-state index in [1.165, 1.54) is 26.0 Å². The fraction of sp³-hybridized carbons (Fsp3) is 0.647. The molecule has 0 radical (unpaired) electrons. The minimum absolute atomic E-state index is 0.122. The number of sulfonamides is 1. The topological polar surface area (TPSA) is 99.9 Å². The number of aliphatic carboxylic acids is 1. The van der Waals surface area contributed by atoms with Crippen molar-refractivity contribution in [3.63, 3.8) is 0 Å². The molecule has 2 aliphatic rings. The number of nitrogens with zero attached hydrogens (tertiary/aromatic N) is 3. The first kappa shape index (κ1) is 18.9. The van der Waals surface area contributed by atoms with Crippen molar-refractivity contribution in [1.29, 1.82) is 0 Å². The van der Waals surface area contributed by atoms with E-state index >= 15 is 0 Å². The quantitative estimate of drug-likeness (QED) is 0.840. The van der Waals surface area contributed by atoms with Crippen LogP contribution in [0.15, 0.2) is 17.2 Å². The molecule has 2 saturated heterocycles. The highest BCUT2D eigenvalue weighted by Gasteiger charge is 2.32. The van der Waals surface area contributed by atoms with E-state index in [1.807, 2.05) is 0 Å². The van der Waals surface area contributed by atoms with Gasteiger partial charge in [0.25, 0.3) is 5.91 Å². The maximum absolute atomic E-state index is 12.8. The average molecular weight is 383 g/mol. The second-order valence-corrected chi connectivity index (χ2v) is 9.00. The van der Waals surface area contributed by atoms with Crippen LogP contribution in [0.25, 0.3) is 0 Å². The van der Waals surface area contributed by atoms with Crippen molar-refractivity contribution in [3.05, 3.63) is 18.0 Å². The fourth-order valence-corrected chi connectivity index (χ4v) is 5.26. The highest BCUT2D eigenvalue weighted by molar-refractivity contribution is 7.89. The maximum Gasteiger partial charge on any atom is 0.308 e. The fourth-order valence-electron chi connectivity index (χ4n) is 3.67. The lowest BCUT2D eigenvalue weighted by Gasteiger charge is -2.30. The highest BCUT2D eigenvalue weighted by atomic mass is 32.2. The molecular weight excluding hydrogens is 358 g/mol. The van der Waals surface area contributed by atoms with Crippen LogP contribution >= 0.6 is 0 Å². The Morgan fingerprint density at radius 2 is 1.81 bits per heavy atom.